The van der Waals surface area contributed by atoms with Crippen molar-refractivity contribution in [3.63, 3.8) is 0 Å². The van der Waals surface area contributed by atoms with Crippen molar-refractivity contribution >= 4 is 15.9 Å². The zero-order chi connectivity index (χ0) is 12.1. The topological polar surface area (TPSA) is 26.0 Å². The molecule has 0 aromatic heterocycles. The van der Waals surface area contributed by atoms with E-state index in [0.29, 0.717) is 0 Å². The fraction of sp³-hybridized carbons (Fsp3) is 0.600. The maximum Gasteiger partial charge on any atom is 0.0212 e. The Morgan fingerprint density at radius 1 is 1.18 bits per heavy atom. The second kappa shape index (κ2) is 6.55. The van der Waals surface area contributed by atoms with Gasteiger partial charge in [0.1, 0.15) is 0 Å². The van der Waals surface area contributed by atoms with Crippen LogP contribution in [0.2, 0.25) is 0 Å². The molecule has 17 heavy (non-hydrogen) atoms. The van der Waals surface area contributed by atoms with Crippen LogP contribution in [0.4, 0.5) is 0 Å². The molecule has 94 valence electrons. The molecule has 0 saturated heterocycles. The highest BCUT2D eigenvalue weighted by Crippen LogP contribution is 2.36. The molecule has 0 spiro atoms. The third-order valence-corrected chi connectivity index (χ3v) is 4.47. The standard InChI is InChI=1S/C15H22BrN/c16-15-11-12(5-4-10-17)8-9-14(15)13-6-2-1-3-7-13/h8-9,11,13H,1-7,10,17H2. The normalized spacial score (nSPS) is 17.3. The number of nitrogens with two attached hydrogens (primary N) is 1. The molecule has 1 nitrogen and oxygen atoms in total. The van der Waals surface area contributed by atoms with Gasteiger partial charge in [-0.15, -0.1) is 0 Å². The Balaban J connectivity index is 2.07. The van der Waals surface area contributed by atoms with E-state index < -0.39 is 0 Å². The van der Waals surface area contributed by atoms with Gasteiger partial charge >= 0.3 is 0 Å². The summed E-state index contributed by atoms with van der Waals surface area (Å²) >= 11 is 3.74. The molecule has 0 radical (unpaired) electrons. The first-order valence-electron chi connectivity index (χ1n) is 6.79. The Hall–Kier alpha value is -0.340. The van der Waals surface area contributed by atoms with Crippen LogP contribution in [0.25, 0.3) is 0 Å². The van der Waals surface area contributed by atoms with Gasteiger partial charge in [-0.1, -0.05) is 47.3 Å². The summed E-state index contributed by atoms with van der Waals surface area (Å²) in [5.74, 6) is 0.779. The predicted molar refractivity (Wildman–Crippen MR) is 77.3 cm³/mol. The summed E-state index contributed by atoms with van der Waals surface area (Å²) in [6.07, 6.45) is 9.11. The minimum absolute atomic E-state index is 0.779. The first kappa shape index (κ1) is 13.1. The Kier molecular flexibility index (Phi) is 5.05. The Labute approximate surface area is 113 Å². The number of halogens is 1. The first-order chi connectivity index (χ1) is 8.31. The van der Waals surface area contributed by atoms with Gasteiger partial charge in [-0.3, -0.25) is 0 Å². The monoisotopic (exact) mass is 295 g/mol. The maximum atomic E-state index is 5.55. The van der Waals surface area contributed by atoms with Crippen molar-refractivity contribution in [3.8, 4) is 0 Å². The fourth-order valence-corrected chi connectivity index (χ4v) is 3.53. The molecular formula is C15H22BrN. The number of aryl methyl sites for hydroxylation is 1. The Morgan fingerprint density at radius 3 is 2.59 bits per heavy atom. The summed E-state index contributed by atoms with van der Waals surface area (Å²) < 4.78 is 1.30. The summed E-state index contributed by atoms with van der Waals surface area (Å²) in [5.41, 5.74) is 8.47. The quantitative estimate of drug-likeness (QED) is 0.876. The largest absolute Gasteiger partial charge is 0.330 e. The summed E-state index contributed by atoms with van der Waals surface area (Å²) in [6.45, 7) is 0.780. The van der Waals surface area contributed by atoms with Crippen molar-refractivity contribution in [1.29, 1.82) is 0 Å². The third-order valence-electron chi connectivity index (χ3n) is 3.78. The SMILES string of the molecule is NCCCc1ccc(C2CCCCC2)c(Br)c1. The van der Waals surface area contributed by atoms with Crippen molar-refractivity contribution < 1.29 is 0 Å². The van der Waals surface area contributed by atoms with Gasteiger partial charge in [0.15, 0.2) is 0 Å². The number of rotatable bonds is 4. The summed E-state index contributed by atoms with van der Waals surface area (Å²) in [5, 5.41) is 0. The molecule has 1 aliphatic rings. The van der Waals surface area contributed by atoms with Gasteiger partial charge < -0.3 is 5.73 Å². The van der Waals surface area contributed by atoms with Gasteiger partial charge in [0, 0.05) is 4.47 Å². The highest BCUT2D eigenvalue weighted by molar-refractivity contribution is 9.10. The van der Waals surface area contributed by atoms with Crippen LogP contribution in [0.1, 0.15) is 55.6 Å². The molecule has 1 aromatic carbocycles. The van der Waals surface area contributed by atoms with E-state index >= 15 is 0 Å². The maximum absolute atomic E-state index is 5.55. The van der Waals surface area contributed by atoms with Crippen molar-refractivity contribution in [2.24, 2.45) is 5.73 Å². The molecule has 0 atom stereocenters. The summed E-state index contributed by atoms with van der Waals surface area (Å²) in [6, 6.07) is 6.90. The van der Waals surface area contributed by atoms with E-state index in [1.165, 1.54) is 47.7 Å². The zero-order valence-corrected chi connectivity index (χ0v) is 12.0. The predicted octanol–water partition coefficient (Wildman–Crippen LogP) is 4.39. The van der Waals surface area contributed by atoms with Crippen LogP contribution in [0.3, 0.4) is 0 Å². The number of benzene rings is 1. The van der Waals surface area contributed by atoms with Crippen LogP contribution < -0.4 is 5.73 Å². The number of hydrogen-bond donors (Lipinski definition) is 1. The average molecular weight is 296 g/mol. The summed E-state index contributed by atoms with van der Waals surface area (Å²) in [7, 11) is 0. The minimum Gasteiger partial charge on any atom is -0.330 e. The highest BCUT2D eigenvalue weighted by Gasteiger charge is 2.17. The van der Waals surface area contributed by atoms with Gasteiger partial charge in [-0.05, 0) is 55.3 Å². The van der Waals surface area contributed by atoms with Crippen LogP contribution in [0, 0.1) is 0 Å². The lowest BCUT2D eigenvalue weighted by molar-refractivity contribution is 0.442. The van der Waals surface area contributed by atoms with Crippen LogP contribution in [0.5, 0.6) is 0 Å². The van der Waals surface area contributed by atoms with Gasteiger partial charge in [0.25, 0.3) is 0 Å². The molecule has 1 saturated carbocycles. The Morgan fingerprint density at radius 2 is 1.94 bits per heavy atom. The van der Waals surface area contributed by atoms with Crippen molar-refractivity contribution in [3.05, 3.63) is 33.8 Å². The fourth-order valence-electron chi connectivity index (χ4n) is 2.78. The molecule has 1 aromatic rings. The van der Waals surface area contributed by atoms with Crippen LogP contribution >= 0.6 is 15.9 Å². The molecule has 2 rings (SSSR count). The molecule has 2 N–H and O–H groups in total. The van der Waals surface area contributed by atoms with E-state index in [-0.39, 0.29) is 0 Å². The second-order valence-corrected chi connectivity index (χ2v) is 5.94. The Bertz CT molecular complexity index is 356. The van der Waals surface area contributed by atoms with Gasteiger partial charge in [0.05, 0.1) is 0 Å². The van der Waals surface area contributed by atoms with E-state index in [2.05, 4.69) is 34.1 Å². The molecule has 2 heteroatoms. The van der Waals surface area contributed by atoms with E-state index in [1.54, 1.807) is 0 Å². The molecular weight excluding hydrogens is 274 g/mol. The van der Waals surface area contributed by atoms with Gasteiger partial charge in [-0.25, -0.2) is 0 Å². The number of hydrogen-bond acceptors (Lipinski definition) is 1. The molecule has 0 amide bonds. The van der Waals surface area contributed by atoms with Crippen LogP contribution in [0.15, 0.2) is 22.7 Å². The van der Waals surface area contributed by atoms with Crippen LogP contribution in [-0.2, 0) is 6.42 Å². The lowest BCUT2D eigenvalue weighted by Gasteiger charge is -2.23. The van der Waals surface area contributed by atoms with Crippen molar-refractivity contribution in [2.75, 3.05) is 6.54 Å². The second-order valence-electron chi connectivity index (χ2n) is 5.08. The van der Waals surface area contributed by atoms with Crippen LogP contribution in [-0.4, -0.2) is 6.54 Å². The lowest BCUT2D eigenvalue weighted by Crippen LogP contribution is -2.06. The van der Waals surface area contributed by atoms with Gasteiger partial charge in [-0.2, -0.15) is 0 Å². The van der Waals surface area contributed by atoms with E-state index in [0.717, 1.165) is 25.3 Å². The molecule has 0 bridgehead atoms. The average Bonchev–Trinajstić information content (AvgIpc) is 2.37. The zero-order valence-electron chi connectivity index (χ0n) is 10.4. The van der Waals surface area contributed by atoms with E-state index in [4.69, 9.17) is 5.73 Å². The molecule has 0 heterocycles. The summed E-state index contributed by atoms with van der Waals surface area (Å²) in [4.78, 5) is 0. The van der Waals surface area contributed by atoms with Gasteiger partial charge in [0.2, 0.25) is 0 Å². The molecule has 1 aliphatic carbocycles. The smallest absolute Gasteiger partial charge is 0.0212 e. The molecule has 1 fully saturated rings. The highest BCUT2D eigenvalue weighted by atomic mass is 79.9. The first-order valence-corrected chi connectivity index (χ1v) is 7.59. The van der Waals surface area contributed by atoms with Crippen molar-refractivity contribution in [2.45, 2.75) is 50.9 Å². The van der Waals surface area contributed by atoms with Crippen molar-refractivity contribution in [1.82, 2.24) is 0 Å². The van der Waals surface area contributed by atoms with E-state index in [9.17, 15) is 0 Å². The van der Waals surface area contributed by atoms with E-state index in [1.807, 2.05) is 0 Å². The molecule has 0 aliphatic heterocycles. The lowest BCUT2D eigenvalue weighted by atomic mass is 9.84. The minimum atomic E-state index is 0.779. The third kappa shape index (κ3) is 3.56. The molecule has 0 unspecified atom stereocenters.